The Kier molecular flexibility index (Phi) is 4.79. The fourth-order valence-corrected chi connectivity index (χ4v) is 1.50. The van der Waals surface area contributed by atoms with Crippen LogP contribution < -0.4 is 5.73 Å². The number of hydrogen-bond acceptors (Lipinski definition) is 2. The van der Waals surface area contributed by atoms with Crippen molar-refractivity contribution in [3.8, 4) is 0 Å². The van der Waals surface area contributed by atoms with Gasteiger partial charge in [-0.15, -0.1) is 0 Å². The Morgan fingerprint density at radius 1 is 1.20 bits per heavy atom. The maximum Gasteiger partial charge on any atom is 0.0976 e. The average molecular weight is 207 g/mol. The molecule has 0 bridgehead atoms. The van der Waals surface area contributed by atoms with Gasteiger partial charge >= 0.3 is 0 Å². The molecule has 0 aliphatic heterocycles. The SMILES string of the molecule is CCC(C)OC(c1ccccc1)C(C)N. The zero-order chi connectivity index (χ0) is 11.3. The molecule has 0 spiro atoms. The Morgan fingerprint density at radius 2 is 1.80 bits per heavy atom. The minimum Gasteiger partial charge on any atom is -0.369 e. The van der Waals surface area contributed by atoms with Crippen LogP contribution in [0.3, 0.4) is 0 Å². The van der Waals surface area contributed by atoms with Gasteiger partial charge in [-0.1, -0.05) is 37.3 Å². The molecule has 1 aromatic carbocycles. The van der Waals surface area contributed by atoms with Crippen LogP contribution in [0, 0.1) is 0 Å². The lowest BCUT2D eigenvalue weighted by molar-refractivity contribution is -0.0161. The van der Waals surface area contributed by atoms with Crippen LogP contribution in [0.15, 0.2) is 30.3 Å². The summed E-state index contributed by atoms with van der Waals surface area (Å²) in [4.78, 5) is 0. The molecular formula is C13H21NO. The van der Waals surface area contributed by atoms with E-state index in [1.807, 2.05) is 25.1 Å². The second kappa shape index (κ2) is 5.89. The number of hydrogen-bond donors (Lipinski definition) is 1. The van der Waals surface area contributed by atoms with Gasteiger partial charge in [0, 0.05) is 6.04 Å². The number of benzene rings is 1. The summed E-state index contributed by atoms with van der Waals surface area (Å²) in [6.07, 6.45) is 1.26. The molecule has 3 atom stereocenters. The first-order chi connectivity index (χ1) is 7.15. The first-order valence-corrected chi connectivity index (χ1v) is 5.61. The molecule has 0 fully saturated rings. The van der Waals surface area contributed by atoms with Crippen molar-refractivity contribution >= 4 is 0 Å². The molecule has 2 nitrogen and oxygen atoms in total. The van der Waals surface area contributed by atoms with E-state index < -0.39 is 0 Å². The van der Waals surface area contributed by atoms with E-state index in [9.17, 15) is 0 Å². The third-order valence-corrected chi connectivity index (χ3v) is 2.56. The molecule has 0 saturated carbocycles. The summed E-state index contributed by atoms with van der Waals surface area (Å²) in [6, 6.07) is 10.2. The maximum atomic E-state index is 5.95. The lowest BCUT2D eigenvalue weighted by atomic mass is 10.0. The molecule has 15 heavy (non-hydrogen) atoms. The van der Waals surface area contributed by atoms with E-state index in [1.165, 1.54) is 0 Å². The van der Waals surface area contributed by atoms with E-state index in [4.69, 9.17) is 10.5 Å². The van der Waals surface area contributed by atoms with Crippen molar-refractivity contribution in [1.82, 2.24) is 0 Å². The molecule has 84 valence electrons. The van der Waals surface area contributed by atoms with Gasteiger partial charge in [0.2, 0.25) is 0 Å². The Hall–Kier alpha value is -0.860. The third kappa shape index (κ3) is 3.65. The second-order valence-corrected chi connectivity index (χ2v) is 4.05. The lowest BCUT2D eigenvalue weighted by Crippen LogP contribution is -2.29. The molecule has 0 radical (unpaired) electrons. The summed E-state index contributed by atoms with van der Waals surface area (Å²) in [5, 5.41) is 0. The topological polar surface area (TPSA) is 35.2 Å². The predicted octanol–water partition coefficient (Wildman–Crippen LogP) is 2.89. The summed E-state index contributed by atoms with van der Waals surface area (Å²) >= 11 is 0. The van der Waals surface area contributed by atoms with Gasteiger partial charge in [0.05, 0.1) is 12.2 Å². The van der Waals surface area contributed by atoms with Crippen molar-refractivity contribution in [3.63, 3.8) is 0 Å². The van der Waals surface area contributed by atoms with Crippen LogP contribution in [0.4, 0.5) is 0 Å². The van der Waals surface area contributed by atoms with E-state index >= 15 is 0 Å². The zero-order valence-electron chi connectivity index (χ0n) is 9.81. The van der Waals surface area contributed by atoms with E-state index in [0.717, 1.165) is 12.0 Å². The molecule has 0 aliphatic carbocycles. The van der Waals surface area contributed by atoms with Crippen LogP contribution >= 0.6 is 0 Å². The fourth-order valence-electron chi connectivity index (χ4n) is 1.50. The number of rotatable bonds is 5. The van der Waals surface area contributed by atoms with Gasteiger partial charge in [0.15, 0.2) is 0 Å². The van der Waals surface area contributed by atoms with Crippen LogP contribution in [-0.4, -0.2) is 12.1 Å². The van der Waals surface area contributed by atoms with Gasteiger partial charge < -0.3 is 10.5 Å². The average Bonchev–Trinajstić information content (AvgIpc) is 2.26. The first-order valence-electron chi connectivity index (χ1n) is 5.61. The molecule has 2 heteroatoms. The lowest BCUT2D eigenvalue weighted by Gasteiger charge is -2.25. The highest BCUT2D eigenvalue weighted by molar-refractivity contribution is 5.18. The van der Waals surface area contributed by atoms with Gasteiger partial charge in [0.1, 0.15) is 0 Å². The Labute approximate surface area is 92.4 Å². The van der Waals surface area contributed by atoms with Gasteiger partial charge in [-0.3, -0.25) is 0 Å². The minimum atomic E-state index is 0.00106. The minimum absolute atomic E-state index is 0.00106. The number of ether oxygens (including phenoxy) is 1. The van der Waals surface area contributed by atoms with Gasteiger partial charge in [-0.25, -0.2) is 0 Å². The van der Waals surface area contributed by atoms with Crippen LogP contribution in [0.25, 0.3) is 0 Å². The van der Waals surface area contributed by atoms with E-state index in [1.54, 1.807) is 0 Å². The van der Waals surface area contributed by atoms with E-state index in [0.29, 0.717) is 0 Å². The molecule has 1 aromatic rings. The van der Waals surface area contributed by atoms with Gasteiger partial charge in [0.25, 0.3) is 0 Å². The van der Waals surface area contributed by atoms with Crippen molar-refractivity contribution in [2.45, 2.75) is 45.4 Å². The molecule has 3 unspecified atom stereocenters. The van der Waals surface area contributed by atoms with Crippen molar-refractivity contribution in [1.29, 1.82) is 0 Å². The Morgan fingerprint density at radius 3 is 2.27 bits per heavy atom. The van der Waals surface area contributed by atoms with E-state index in [2.05, 4.69) is 26.0 Å². The highest BCUT2D eigenvalue weighted by atomic mass is 16.5. The summed E-state index contributed by atoms with van der Waals surface area (Å²) in [5.41, 5.74) is 7.11. The van der Waals surface area contributed by atoms with Crippen LogP contribution in [-0.2, 0) is 4.74 Å². The highest BCUT2D eigenvalue weighted by Gasteiger charge is 2.18. The molecule has 0 aliphatic rings. The normalized spacial score (nSPS) is 17.1. The molecule has 1 rings (SSSR count). The summed E-state index contributed by atoms with van der Waals surface area (Å²) in [5.74, 6) is 0. The molecule has 0 aromatic heterocycles. The smallest absolute Gasteiger partial charge is 0.0976 e. The summed E-state index contributed by atoms with van der Waals surface area (Å²) in [7, 11) is 0. The summed E-state index contributed by atoms with van der Waals surface area (Å²) < 4.78 is 5.92. The number of nitrogens with two attached hydrogens (primary N) is 1. The zero-order valence-corrected chi connectivity index (χ0v) is 9.81. The fraction of sp³-hybridized carbons (Fsp3) is 0.538. The van der Waals surface area contributed by atoms with Crippen molar-refractivity contribution in [2.75, 3.05) is 0 Å². The first kappa shape index (κ1) is 12.2. The molecular weight excluding hydrogens is 186 g/mol. The van der Waals surface area contributed by atoms with Crippen LogP contribution in [0.2, 0.25) is 0 Å². The largest absolute Gasteiger partial charge is 0.369 e. The third-order valence-electron chi connectivity index (χ3n) is 2.56. The monoisotopic (exact) mass is 207 g/mol. The molecule has 0 heterocycles. The second-order valence-electron chi connectivity index (χ2n) is 4.05. The van der Waals surface area contributed by atoms with E-state index in [-0.39, 0.29) is 18.2 Å². The Balaban J connectivity index is 2.75. The van der Waals surface area contributed by atoms with Crippen molar-refractivity contribution in [3.05, 3.63) is 35.9 Å². The standard InChI is InChI=1S/C13H21NO/c1-4-10(2)15-13(11(3)14)12-8-6-5-7-9-12/h5-11,13H,4,14H2,1-3H3. The molecule has 0 saturated heterocycles. The van der Waals surface area contributed by atoms with Crippen LogP contribution in [0.5, 0.6) is 0 Å². The van der Waals surface area contributed by atoms with Gasteiger partial charge in [-0.2, -0.15) is 0 Å². The van der Waals surface area contributed by atoms with Gasteiger partial charge in [-0.05, 0) is 25.8 Å². The summed E-state index contributed by atoms with van der Waals surface area (Å²) in [6.45, 7) is 6.19. The van der Waals surface area contributed by atoms with Crippen molar-refractivity contribution < 1.29 is 4.74 Å². The highest BCUT2D eigenvalue weighted by Crippen LogP contribution is 2.22. The molecule has 0 amide bonds. The maximum absolute atomic E-state index is 5.95. The predicted molar refractivity (Wildman–Crippen MR) is 63.7 cm³/mol. The quantitative estimate of drug-likeness (QED) is 0.805. The Bertz CT molecular complexity index is 271. The molecule has 2 N–H and O–H groups in total. The van der Waals surface area contributed by atoms with Crippen molar-refractivity contribution in [2.24, 2.45) is 5.73 Å². The van der Waals surface area contributed by atoms with Crippen LogP contribution in [0.1, 0.15) is 38.9 Å².